The van der Waals surface area contributed by atoms with E-state index in [4.69, 9.17) is 21.6 Å². The van der Waals surface area contributed by atoms with Gasteiger partial charge >= 0.3 is 0 Å². The molecule has 1 fully saturated rings. The van der Waals surface area contributed by atoms with E-state index in [1.807, 2.05) is 0 Å². The molecule has 232 valence electrons. The molecule has 44 heavy (non-hydrogen) atoms. The van der Waals surface area contributed by atoms with E-state index in [0.717, 1.165) is 0 Å². The first-order chi connectivity index (χ1) is 20.5. The topological polar surface area (TPSA) is 258 Å². The lowest BCUT2D eigenvalue weighted by Crippen LogP contribution is -2.80. The molecule has 1 aromatic heterocycles. The quantitative estimate of drug-likeness (QED) is 0.212. The molecule has 1 saturated carbocycles. The second-order valence-corrected chi connectivity index (χ2v) is 12.1. The van der Waals surface area contributed by atoms with Gasteiger partial charge in [0.25, 0.3) is 11.9 Å². The number of aryl methyl sites for hydroxylation is 1. The summed E-state index contributed by atoms with van der Waals surface area (Å²) >= 11 is 0. The first-order valence-corrected chi connectivity index (χ1v) is 13.6. The van der Waals surface area contributed by atoms with Crippen molar-refractivity contribution in [2.45, 2.75) is 43.4 Å². The van der Waals surface area contributed by atoms with Crippen molar-refractivity contribution in [3.8, 4) is 11.8 Å². The normalized spacial score (nSPS) is 27.9. The SMILES string of the molecule is Cc1coc(NCc2cc(N(C)C)c3c(c2O)C(O)=C2C(=O)[C@]4(C#N)C(O)=C(C(N)=O)C(=O)[C@@H](N(C)C)[C@]4(N)C[C@]2(N)C3)n1. The van der Waals surface area contributed by atoms with Gasteiger partial charge in [0.1, 0.15) is 29.1 Å². The zero-order valence-corrected chi connectivity index (χ0v) is 24.8. The summed E-state index contributed by atoms with van der Waals surface area (Å²) in [5, 5.41) is 48.1. The van der Waals surface area contributed by atoms with E-state index in [2.05, 4.69) is 10.3 Å². The molecule has 0 unspecified atom stereocenters. The van der Waals surface area contributed by atoms with Gasteiger partial charge in [0.05, 0.1) is 40.0 Å². The lowest BCUT2D eigenvalue weighted by Gasteiger charge is -2.58. The number of likely N-dealkylation sites (N-methyl/N-ethyl adjacent to an activating group) is 1. The maximum atomic E-state index is 14.6. The summed E-state index contributed by atoms with van der Waals surface area (Å²) < 4.78 is 5.32. The third kappa shape index (κ3) is 3.85. The number of aliphatic hydroxyl groups is 2. The number of nitrogens with one attached hydrogen (secondary N) is 1. The molecule has 15 heteroatoms. The highest BCUT2D eigenvalue weighted by molar-refractivity contribution is 6.25. The van der Waals surface area contributed by atoms with Crippen molar-refractivity contribution in [3.05, 3.63) is 51.6 Å². The molecule has 0 aliphatic heterocycles. The fraction of sp³-hybridized carbons (Fsp3) is 0.414. The number of phenolic OH excluding ortho intramolecular Hbond substituents is 1. The molecule has 0 saturated heterocycles. The van der Waals surface area contributed by atoms with Crippen LogP contribution in [-0.2, 0) is 27.3 Å². The van der Waals surface area contributed by atoms with Gasteiger partial charge in [-0.25, -0.2) is 0 Å². The monoisotopic (exact) mass is 606 g/mol. The summed E-state index contributed by atoms with van der Waals surface area (Å²) in [6.07, 6.45) is 0.841. The Bertz CT molecular complexity index is 1750. The minimum absolute atomic E-state index is 0.0103. The summed E-state index contributed by atoms with van der Waals surface area (Å²) in [5.41, 5.74) is 12.9. The molecule has 0 radical (unpaired) electrons. The fourth-order valence-corrected chi connectivity index (χ4v) is 7.07. The number of hydrogen-bond donors (Lipinski definition) is 7. The number of ketones is 2. The number of fused-ring (bicyclic) bond motifs is 3. The van der Waals surface area contributed by atoms with E-state index < -0.39 is 69.1 Å². The number of nitriles is 1. The largest absolute Gasteiger partial charge is 0.509 e. The van der Waals surface area contributed by atoms with Gasteiger partial charge in [-0.1, -0.05) is 0 Å². The van der Waals surface area contributed by atoms with Crippen molar-refractivity contribution in [1.29, 1.82) is 5.26 Å². The van der Waals surface area contributed by atoms with Gasteiger partial charge in [0.2, 0.25) is 0 Å². The standard InChI is InChI=1S/C29H34N8O7/c1-12-9-44-26(35-12)34-8-13-6-15(36(2)3)14-7-27(32)10-29(33)22(37(4)5)21(40)17(25(31)43)23(41)28(29,11-30)24(42)18(27)20(39)16(14)19(13)38/h6,9,22,38-39,41H,7-8,10,32-33H2,1-5H3,(H2,31,43)(H,34,35)/t22-,27-,28+,29-/m1/s1. The molecule has 10 N–H and O–H groups in total. The van der Waals surface area contributed by atoms with Crippen LogP contribution in [0.3, 0.4) is 0 Å². The number of anilines is 2. The molecule has 4 atom stereocenters. The Kier molecular flexibility index (Phi) is 6.81. The number of aromatic nitrogens is 1. The van der Waals surface area contributed by atoms with Gasteiger partial charge in [0, 0.05) is 31.9 Å². The predicted octanol–water partition coefficient (Wildman–Crippen LogP) is -0.120. The van der Waals surface area contributed by atoms with E-state index in [0.29, 0.717) is 22.5 Å². The number of nitrogens with two attached hydrogens (primary N) is 3. The molecule has 15 nitrogen and oxygen atoms in total. The Morgan fingerprint density at radius 2 is 1.89 bits per heavy atom. The fourth-order valence-electron chi connectivity index (χ4n) is 7.07. The van der Waals surface area contributed by atoms with Crippen molar-refractivity contribution in [2.75, 3.05) is 38.4 Å². The number of carbonyl (C=O) groups excluding carboxylic acids is 3. The number of hydrogen-bond acceptors (Lipinski definition) is 14. The highest BCUT2D eigenvalue weighted by Crippen LogP contribution is 2.59. The van der Waals surface area contributed by atoms with Crippen molar-refractivity contribution in [1.82, 2.24) is 9.88 Å². The van der Waals surface area contributed by atoms with Crippen LogP contribution in [0.25, 0.3) is 5.76 Å². The summed E-state index contributed by atoms with van der Waals surface area (Å²) in [4.78, 5) is 47.7. The average Bonchev–Trinajstić information content (AvgIpc) is 3.31. The number of oxazole rings is 1. The number of carbonyl (C=O) groups is 3. The Balaban J connectivity index is 1.78. The summed E-state index contributed by atoms with van der Waals surface area (Å²) in [7, 11) is 6.41. The number of aromatic hydroxyl groups is 1. The number of benzene rings is 1. The van der Waals surface area contributed by atoms with Crippen LogP contribution in [-0.4, -0.2) is 88.0 Å². The second-order valence-electron chi connectivity index (χ2n) is 12.1. The number of aliphatic hydroxyl groups excluding tert-OH is 2. The number of primary amides is 1. The van der Waals surface area contributed by atoms with Crippen molar-refractivity contribution in [2.24, 2.45) is 22.6 Å². The number of nitrogens with zero attached hydrogens (tertiary/aromatic N) is 4. The third-order valence-electron chi connectivity index (χ3n) is 8.84. The van der Waals surface area contributed by atoms with Crippen molar-refractivity contribution < 1.29 is 34.1 Å². The lowest BCUT2D eigenvalue weighted by molar-refractivity contribution is -0.139. The van der Waals surface area contributed by atoms with Gasteiger partial charge in [-0.15, -0.1) is 0 Å². The molecule has 5 rings (SSSR count). The highest BCUT2D eigenvalue weighted by Gasteiger charge is 2.74. The number of amides is 1. The van der Waals surface area contributed by atoms with Gasteiger partial charge in [-0.2, -0.15) is 10.2 Å². The van der Waals surface area contributed by atoms with Gasteiger partial charge in [0.15, 0.2) is 17.0 Å². The molecule has 1 amide bonds. The molecule has 1 heterocycles. The summed E-state index contributed by atoms with van der Waals surface area (Å²) in [5.74, 6) is -5.83. The molecular formula is C29H34N8O7. The third-order valence-corrected chi connectivity index (χ3v) is 8.84. The number of rotatable bonds is 6. The molecule has 3 aliphatic rings. The van der Waals surface area contributed by atoms with Gasteiger partial charge in [-0.05, 0) is 45.5 Å². The van der Waals surface area contributed by atoms with Gasteiger partial charge < -0.3 is 47.2 Å². The van der Waals surface area contributed by atoms with Gasteiger partial charge in [-0.3, -0.25) is 19.3 Å². The van der Waals surface area contributed by atoms with Crippen LogP contribution in [0, 0.1) is 23.7 Å². The van der Waals surface area contributed by atoms with E-state index >= 15 is 0 Å². The summed E-state index contributed by atoms with van der Waals surface area (Å²) in [6, 6.07) is 2.17. The van der Waals surface area contributed by atoms with Crippen LogP contribution < -0.4 is 27.4 Å². The predicted molar refractivity (Wildman–Crippen MR) is 157 cm³/mol. The van der Waals surface area contributed by atoms with Crippen LogP contribution >= 0.6 is 0 Å². The molecule has 1 aromatic carbocycles. The average molecular weight is 607 g/mol. The Labute approximate surface area is 252 Å². The van der Waals surface area contributed by atoms with E-state index in [1.165, 1.54) is 25.3 Å². The van der Waals surface area contributed by atoms with E-state index in [1.54, 1.807) is 38.1 Å². The van der Waals surface area contributed by atoms with Crippen LogP contribution in [0.4, 0.5) is 11.7 Å². The smallest absolute Gasteiger partial charge is 0.294 e. The lowest BCUT2D eigenvalue weighted by atomic mass is 9.47. The Morgan fingerprint density at radius 3 is 2.41 bits per heavy atom. The van der Waals surface area contributed by atoms with Crippen LogP contribution in [0.2, 0.25) is 0 Å². The first kappa shape index (κ1) is 30.5. The zero-order chi connectivity index (χ0) is 32.7. The Hall–Kier alpha value is -4.91. The summed E-state index contributed by atoms with van der Waals surface area (Å²) in [6.45, 7) is 1.75. The van der Waals surface area contributed by atoms with E-state index in [-0.39, 0.29) is 30.3 Å². The zero-order valence-electron chi connectivity index (χ0n) is 24.8. The van der Waals surface area contributed by atoms with E-state index in [9.17, 15) is 35.0 Å². The molecule has 2 aromatic rings. The maximum Gasteiger partial charge on any atom is 0.294 e. The highest BCUT2D eigenvalue weighted by atomic mass is 16.4. The second kappa shape index (κ2) is 9.81. The van der Waals surface area contributed by atoms with Crippen molar-refractivity contribution >= 4 is 34.9 Å². The molecule has 3 aliphatic carbocycles. The first-order valence-electron chi connectivity index (χ1n) is 13.6. The molecule has 0 spiro atoms. The minimum Gasteiger partial charge on any atom is -0.509 e. The molecular weight excluding hydrogens is 572 g/mol. The number of Topliss-reactive ketones (excluding diaryl/α,β-unsaturated/α-hetero) is 2. The molecule has 0 bridgehead atoms. The number of phenols is 1. The van der Waals surface area contributed by atoms with Crippen molar-refractivity contribution in [3.63, 3.8) is 0 Å². The van der Waals surface area contributed by atoms with Crippen LogP contribution in [0.5, 0.6) is 5.75 Å². The minimum atomic E-state index is -2.73. The van der Waals surface area contributed by atoms with Crippen LogP contribution in [0.1, 0.15) is 28.8 Å². The Morgan fingerprint density at radius 1 is 1.23 bits per heavy atom. The maximum absolute atomic E-state index is 14.6. The van der Waals surface area contributed by atoms with Crippen LogP contribution in [0.15, 0.2) is 33.7 Å².